The Morgan fingerprint density at radius 3 is 2.43 bits per heavy atom. The second-order valence-electron chi connectivity index (χ2n) is 7.21. The molecule has 1 aliphatic rings. The van der Waals surface area contributed by atoms with Crippen LogP contribution in [0.5, 0.6) is 0 Å². The van der Waals surface area contributed by atoms with E-state index in [2.05, 4.69) is 15.8 Å². The van der Waals surface area contributed by atoms with Gasteiger partial charge >= 0.3 is 0 Å². The zero-order chi connectivity index (χ0) is 16.9. The van der Waals surface area contributed by atoms with E-state index in [1.807, 2.05) is 20.8 Å². The highest BCUT2D eigenvalue weighted by Crippen LogP contribution is 2.23. The van der Waals surface area contributed by atoms with Crippen LogP contribution in [0.2, 0.25) is 0 Å². The quantitative estimate of drug-likeness (QED) is 0.816. The van der Waals surface area contributed by atoms with E-state index in [1.165, 1.54) is 6.42 Å². The molecule has 0 aliphatic heterocycles. The van der Waals surface area contributed by atoms with E-state index < -0.39 is 0 Å². The molecule has 0 bridgehead atoms. The summed E-state index contributed by atoms with van der Waals surface area (Å²) in [6.07, 6.45) is 5.46. The number of nitrogens with one attached hydrogen (secondary N) is 2. The van der Waals surface area contributed by atoms with Gasteiger partial charge in [-0.25, -0.2) is 0 Å². The van der Waals surface area contributed by atoms with Crippen molar-refractivity contribution in [3.8, 4) is 0 Å². The molecule has 1 aromatic heterocycles. The summed E-state index contributed by atoms with van der Waals surface area (Å²) in [5, 5.41) is 9.43. The van der Waals surface area contributed by atoms with Gasteiger partial charge in [0.2, 0.25) is 5.91 Å². The minimum atomic E-state index is -0.281. The summed E-state index contributed by atoms with van der Waals surface area (Å²) in [5.41, 5.74) is 0.0907. The smallest absolute Gasteiger partial charge is 0.273 e. The molecule has 23 heavy (non-hydrogen) atoms. The first-order valence-electron chi connectivity index (χ1n) is 8.41. The lowest BCUT2D eigenvalue weighted by atomic mass is 9.89. The highest BCUT2D eigenvalue weighted by molar-refractivity contribution is 5.92. The Balaban J connectivity index is 1.70. The second kappa shape index (κ2) is 7.62. The second-order valence-corrected chi connectivity index (χ2v) is 7.21. The lowest BCUT2D eigenvalue weighted by molar-refractivity contribution is -0.125. The van der Waals surface area contributed by atoms with Crippen molar-refractivity contribution in [2.45, 2.75) is 58.3 Å². The van der Waals surface area contributed by atoms with Crippen LogP contribution in [0.3, 0.4) is 0 Å². The van der Waals surface area contributed by atoms with E-state index in [-0.39, 0.29) is 28.8 Å². The van der Waals surface area contributed by atoms with E-state index in [4.69, 9.17) is 4.52 Å². The number of aromatic nitrogens is 1. The first-order chi connectivity index (χ1) is 10.9. The number of hydrogen-bond donors (Lipinski definition) is 2. The molecule has 0 unspecified atom stereocenters. The maximum atomic E-state index is 12.0. The third kappa shape index (κ3) is 5.08. The van der Waals surface area contributed by atoms with Crippen molar-refractivity contribution in [2.75, 3.05) is 13.1 Å². The van der Waals surface area contributed by atoms with Crippen LogP contribution in [-0.4, -0.2) is 30.1 Å². The van der Waals surface area contributed by atoms with Gasteiger partial charge in [-0.15, -0.1) is 0 Å². The molecule has 2 N–H and O–H groups in total. The molecular formula is C17H27N3O3. The van der Waals surface area contributed by atoms with E-state index in [0.717, 1.165) is 25.7 Å². The first kappa shape index (κ1) is 17.5. The van der Waals surface area contributed by atoms with Crippen LogP contribution in [-0.2, 0) is 10.2 Å². The average Bonchev–Trinajstić information content (AvgIpc) is 3.02. The predicted molar refractivity (Wildman–Crippen MR) is 87.1 cm³/mol. The summed E-state index contributed by atoms with van der Waals surface area (Å²) >= 11 is 0. The van der Waals surface area contributed by atoms with Crippen molar-refractivity contribution in [3.05, 3.63) is 17.5 Å². The normalized spacial score (nSPS) is 16.1. The van der Waals surface area contributed by atoms with E-state index >= 15 is 0 Å². The van der Waals surface area contributed by atoms with Gasteiger partial charge in [0.15, 0.2) is 5.69 Å². The van der Waals surface area contributed by atoms with Crippen LogP contribution in [0.25, 0.3) is 0 Å². The summed E-state index contributed by atoms with van der Waals surface area (Å²) in [5.74, 6) is 0.643. The number of amides is 2. The number of carbonyl (C=O) groups excluding carboxylic acids is 2. The molecule has 2 amide bonds. The molecule has 1 saturated carbocycles. The highest BCUT2D eigenvalue weighted by atomic mass is 16.5. The SMILES string of the molecule is CC(C)(C)c1cc(C(=O)NCCNC(=O)C2CCCCC2)no1. The molecule has 6 heteroatoms. The lowest BCUT2D eigenvalue weighted by Gasteiger charge is -2.20. The van der Waals surface area contributed by atoms with Crippen LogP contribution in [0.15, 0.2) is 10.6 Å². The predicted octanol–water partition coefficient (Wildman–Crippen LogP) is 2.40. The fraction of sp³-hybridized carbons (Fsp3) is 0.706. The highest BCUT2D eigenvalue weighted by Gasteiger charge is 2.22. The van der Waals surface area contributed by atoms with Crippen molar-refractivity contribution < 1.29 is 14.1 Å². The average molecular weight is 321 g/mol. The van der Waals surface area contributed by atoms with Gasteiger partial charge in [0.05, 0.1) is 0 Å². The van der Waals surface area contributed by atoms with Crippen LogP contribution >= 0.6 is 0 Å². The van der Waals surface area contributed by atoms with Crippen molar-refractivity contribution in [1.82, 2.24) is 15.8 Å². The van der Waals surface area contributed by atoms with E-state index in [9.17, 15) is 9.59 Å². The molecule has 1 aliphatic carbocycles. The standard InChI is InChI=1S/C17H27N3O3/c1-17(2,3)14-11-13(20-23-14)16(22)19-10-9-18-15(21)12-7-5-4-6-8-12/h11-12H,4-10H2,1-3H3,(H,18,21)(H,19,22). The Morgan fingerprint density at radius 2 is 1.83 bits per heavy atom. The van der Waals surface area contributed by atoms with Crippen LogP contribution < -0.4 is 10.6 Å². The largest absolute Gasteiger partial charge is 0.360 e. The third-order valence-electron chi connectivity index (χ3n) is 4.17. The zero-order valence-corrected chi connectivity index (χ0v) is 14.3. The molecule has 1 aromatic rings. The molecule has 0 atom stereocenters. The van der Waals surface area contributed by atoms with Gasteiger partial charge in [-0.05, 0) is 12.8 Å². The number of rotatable bonds is 5. The van der Waals surface area contributed by atoms with E-state index in [0.29, 0.717) is 18.8 Å². The fourth-order valence-electron chi connectivity index (χ4n) is 2.70. The first-order valence-corrected chi connectivity index (χ1v) is 8.41. The summed E-state index contributed by atoms with van der Waals surface area (Å²) in [6, 6.07) is 1.66. The maximum Gasteiger partial charge on any atom is 0.273 e. The Labute approximate surface area is 137 Å². The zero-order valence-electron chi connectivity index (χ0n) is 14.3. The maximum absolute atomic E-state index is 12.0. The molecular weight excluding hydrogens is 294 g/mol. The molecule has 0 radical (unpaired) electrons. The Kier molecular flexibility index (Phi) is 5.80. The van der Waals surface area contributed by atoms with Crippen molar-refractivity contribution >= 4 is 11.8 Å². The minimum Gasteiger partial charge on any atom is -0.360 e. The topological polar surface area (TPSA) is 84.2 Å². The van der Waals surface area contributed by atoms with Gasteiger partial charge < -0.3 is 15.2 Å². The van der Waals surface area contributed by atoms with Crippen molar-refractivity contribution in [2.24, 2.45) is 5.92 Å². The van der Waals surface area contributed by atoms with Crippen molar-refractivity contribution in [3.63, 3.8) is 0 Å². The monoisotopic (exact) mass is 321 g/mol. The summed E-state index contributed by atoms with van der Waals surface area (Å²) in [7, 11) is 0. The number of nitrogens with zero attached hydrogens (tertiary/aromatic N) is 1. The minimum absolute atomic E-state index is 0.107. The Hall–Kier alpha value is -1.85. The molecule has 2 rings (SSSR count). The van der Waals surface area contributed by atoms with Gasteiger partial charge in [-0.3, -0.25) is 9.59 Å². The Bertz CT molecular complexity index is 540. The van der Waals surface area contributed by atoms with Gasteiger partial charge in [-0.1, -0.05) is 45.2 Å². The molecule has 0 spiro atoms. The van der Waals surface area contributed by atoms with Crippen LogP contribution in [0, 0.1) is 5.92 Å². The van der Waals surface area contributed by atoms with Crippen LogP contribution in [0.1, 0.15) is 69.1 Å². The fourth-order valence-corrected chi connectivity index (χ4v) is 2.70. The lowest BCUT2D eigenvalue weighted by Crippen LogP contribution is -2.38. The van der Waals surface area contributed by atoms with Gasteiger partial charge in [0.25, 0.3) is 5.91 Å². The van der Waals surface area contributed by atoms with Crippen LogP contribution in [0.4, 0.5) is 0 Å². The molecule has 128 valence electrons. The molecule has 0 saturated heterocycles. The molecule has 1 heterocycles. The number of hydrogen-bond acceptors (Lipinski definition) is 4. The molecule has 1 fully saturated rings. The summed E-state index contributed by atoms with van der Waals surface area (Å²) in [4.78, 5) is 24.0. The third-order valence-corrected chi connectivity index (χ3v) is 4.17. The van der Waals surface area contributed by atoms with Gasteiger partial charge in [0.1, 0.15) is 5.76 Å². The summed E-state index contributed by atoms with van der Waals surface area (Å²) < 4.78 is 5.19. The van der Waals surface area contributed by atoms with E-state index in [1.54, 1.807) is 6.07 Å². The Morgan fingerprint density at radius 1 is 1.17 bits per heavy atom. The van der Waals surface area contributed by atoms with Gasteiger partial charge in [-0.2, -0.15) is 0 Å². The molecule has 6 nitrogen and oxygen atoms in total. The number of carbonyl (C=O) groups is 2. The van der Waals surface area contributed by atoms with Gasteiger partial charge in [0, 0.05) is 30.5 Å². The summed E-state index contributed by atoms with van der Waals surface area (Å²) in [6.45, 7) is 6.81. The van der Waals surface area contributed by atoms with Crippen molar-refractivity contribution in [1.29, 1.82) is 0 Å². The molecule has 0 aromatic carbocycles.